The lowest BCUT2D eigenvalue weighted by atomic mass is 10.2. The van der Waals surface area contributed by atoms with Crippen LogP contribution in [0.4, 0.5) is 5.69 Å². The molecule has 0 aliphatic heterocycles. The normalized spacial score (nSPS) is 18.3. The Morgan fingerprint density at radius 2 is 1.68 bits per heavy atom. The van der Waals surface area contributed by atoms with Crippen LogP contribution in [0.5, 0.6) is 5.75 Å². The fourth-order valence-electron chi connectivity index (χ4n) is 2.61. The SMILES string of the molecule is COc1ccc(NC(=O)C2CC2C(=O)NCc2ccc(Cl)cc2)cc1. The molecule has 2 unspecified atom stereocenters. The molecule has 2 aromatic rings. The minimum atomic E-state index is -0.271. The minimum Gasteiger partial charge on any atom is -0.497 e. The fourth-order valence-corrected chi connectivity index (χ4v) is 2.73. The summed E-state index contributed by atoms with van der Waals surface area (Å²) in [5.41, 5.74) is 1.66. The standard InChI is InChI=1S/C19H19ClN2O3/c1-25-15-8-6-14(7-9-15)22-19(24)17-10-16(17)18(23)21-11-12-2-4-13(20)5-3-12/h2-9,16-17H,10-11H2,1H3,(H,21,23)(H,22,24). The number of carbonyl (C=O) groups is 2. The molecule has 1 fully saturated rings. The molecule has 2 N–H and O–H groups in total. The molecular weight excluding hydrogens is 340 g/mol. The first-order valence-electron chi connectivity index (χ1n) is 8.04. The topological polar surface area (TPSA) is 67.4 Å². The molecule has 1 aliphatic rings. The molecule has 25 heavy (non-hydrogen) atoms. The van der Waals surface area contributed by atoms with E-state index in [1.165, 1.54) is 0 Å². The lowest BCUT2D eigenvalue weighted by molar-refractivity contribution is -0.125. The van der Waals surface area contributed by atoms with Gasteiger partial charge in [0.05, 0.1) is 18.9 Å². The molecule has 1 saturated carbocycles. The lowest BCUT2D eigenvalue weighted by Gasteiger charge is -2.07. The van der Waals surface area contributed by atoms with Crippen molar-refractivity contribution in [1.29, 1.82) is 0 Å². The number of amides is 2. The van der Waals surface area contributed by atoms with Gasteiger partial charge in [-0.3, -0.25) is 9.59 Å². The molecule has 3 rings (SSSR count). The predicted molar refractivity (Wildman–Crippen MR) is 96.5 cm³/mol. The average Bonchev–Trinajstić information content (AvgIpc) is 3.43. The van der Waals surface area contributed by atoms with Crippen LogP contribution in [0.3, 0.4) is 0 Å². The third kappa shape index (κ3) is 4.51. The van der Waals surface area contributed by atoms with Crippen LogP contribution in [-0.4, -0.2) is 18.9 Å². The van der Waals surface area contributed by atoms with Crippen LogP contribution < -0.4 is 15.4 Å². The van der Waals surface area contributed by atoms with Gasteiger partial charge in [0.25, 0.3) is 0 Å². The summed E-state index contributed by atoms with van der Waals surface area (Å²) in [7, 11) is 1.59. The summed E-state index contributed by atoms with van der Waals surface area (Å²) in [5, 5.41) is 6.36. The van der Waals surface area contributed by atoms with Crippen molar-refractivity contribution in [3.05, 3.63) is 59.1 Å². The molecule has 0 saturated heterocycles. The molecule has 2 atom stereocenters. The van der Waals surface area contributed by atoms with Crippen LogP contribution in [0, 0.1) is 11.8 Å². The van der Waals surface area contributed by atoms with E-state index in [0.29, 0.717) is 23.7 Å². The maximum atomic E-state index is 12.2. The number of hydrogen-bond donors (Lipinski definition) is 2. The second-order valence-electron chi connectivity index (χ2n) is 6.01. The van der Waals surface area contributed by atoms with Crippen LogP contribution in [-0.2, 0) is 16.1 Å². The zero-order valence-corrected chi connectivity index (χ0v) is 14.5. The van der Waals surface area contributed by atoms with Gasteiger partial charge in [0.15, 0.2) is 0 Å². The highest BCUT2D eigenvalue weighted by atomic mass is 35.5. The Morgan fingerprint density at radius 3 is 2.32 bits per heavy atom. The number of ether oxygens (including phenoxy) is 1. The summed E-state index contributed by atoms with van der Waals surface area (Å²) in [4.78, 5) is 24.4. The fraction of sp³-hybridized carbons (Fsp3) is 0.263. The lowest BCUT2D eigenvalue weighted by Crippen LogP contribution is -2.27. The Labute approximate surface area is 151 Å². The molecular formula is C19H19ClN2O3. The third-order valence-corrected chi connectivity index (χ3v) is 4.45. The molecule has 2 aromatic carbocycles. The molecule has 130 valence electrons. The Balaban J connectivity index is 1.46. The van der Waals surface area contributed by atoms with Gasteiger partial charge in [-0.25, -0.2) is 0 Å². The highest BCUT2D eigenvalue weighted by Crippen LogP contribution is 2.39. The molecule has 1 aliphatic carbocycles. The van der Waals surface area contributed by atoms with E-state index < -0.39 is 0 Å². The summed E-state index contributed by atoms with van der Waals surface area (Å²) < 4.78 is 5.08. The Morgan fingerprint density at radius 1 is 1.04 bits per heavy atom. The van der Waals surface area contributed by atoms with E-state index in [1.807, 2.05) is 12.1 Å². The number of anilines is 1. The van der Waals surface area contributed by atoms with Gasteiger partial charge in [-0.15, -0.1) is 0 Å². The van der Waals surface area contributed by atoms with E-state index in [2.05, 4.69) is 10.6 Å². The van der Waals surface area contributed by atoms with Crippen LogP contribution >= 0.6 is 11.6 Å². The molecule has 0 heterocycles. The highest BCUT2D eigenvalue weighted by Gasteiger charge is 2.47. The van der Waals surface area contributed by atoms with E-state index >= 15 is 0 Å². The van der Waals surface area contributed by atoms with Crippen molar-refractivity contribution in [1.82, 2.24) is 5.32 Å². The maximum Gasteiger partial charge on any atom is 0.228 e. The number of carbonyl (C=O) groups excluding carboxylic acids is 2. The summed E-state index contributed by atoms with van der Waals surface area (Å²) in [6, 6.07) is 14.4. The zero-order chi connectivity index (χ0) is 17.8. The Hall–Kier alpha value is -2.53. The van der Waals surface area contributed by atoms with Crippen LogP contribution in [0.15, 0.2) is 48.5 Å². The Bertz CT molecular complexity index is 759. The smallest absolute Gasteiger partial charge is 0.228 e. The second-order valence-corrected chi connectivity index (χ2v) is 6.45. The van der Waals surface area contributed by atoms with Crippen LogP contribution in [0.1, 0.15) is 12.0 Å². The van der Waals surface area contributed by atoms with Gasteiger partial charge >= 0.3 is 0 Å². The number of methoxy groups -OCH3 is 1. The summed E-state index contributed by atoms with van der Waals surface area (Å²) in [6.07, 6.45) is 0.578. The first kappa shape index (κ1) is 17.3. The summed E-state index contributed by atoms with van der Waals surface area (Å²) in [6.45, 7) is 0.430. The van der Waals surface area contributed by atoms with Gasteiger partial charge in [-0.2, -0.15) is 0 Å². The molecule has 0 bridgehead atoms. The molecule has 0 aromatic heterocycles. The number of benzene rings is 2. The zero-order valence-electron chi connectivity index (χ0n) is 13.8. The van der Waals surface area contributed by atoms with Crippen molar-refractivity contribution in [2.24, 2.45) is 11.8 Å². The summed E-state index contributed by atoms with van der Waals surface area (Å²) >= 11 is 5.83. The first-order valence-corrected chi connectivity index (χ1v) is 8.41. The van der Waals surface area contributed by atoms with Crippen molar-refractivity contribution in [3.63, 3.8) is 0 Å². The molecule has 2 amide bonds. The quantitative estimate of drug-likeness (QED) is 0.833. The van der Waals surface area contributed by atoms with Crippen molar-refractivity contribution in [2.45, 2.75) is 13.0 Å². The van der Waals surface area contributed by atoms with Crippen LogP contribution in [0.25, 0.3) is 0 Å². The Kier molecular flexibility index (Phi) is 5.24. The van der Waals surface area contributed by atoms with Crippen molar-refractivity contribution < 1.29 is 14.3 Å². The van der Waals surface area contributed by atoms with E-state index in [-0.39, 0.29) is 23.7 Å². The predicted octanol–water partition coefficient (Wildman–Crippen LogP) is 3.24. The monoisotopic (exact) mass is 358 g/mol. The maximum absolute atomic E-state index is 12.2. The first-order chi connectivity index (χ1) is 12.1. The highest BCUT2D eigenvalue weighted by molar-refractivity contribution is 6.30. The van der Waals surface area contributed by atoms with E-state index in [4.69, 9.17) is 16.3 Å². The van der Waals surface area contributed by atoms with Gasteiger partial charge in [0.2, 0.25) is 11.8 Å². The van der Waals surface area contributed by atoms with Gasteiger partial charge < -0.3 is 15.4 Å². The number of nitrogens with one attached hydrogen (secondary N) is 2. The van der Waals surface area contributed by atoms with Gasteiger partial charge in [-0.1, -0.05) is 23.7 Å². The average molecular weight is 359 g/mol. The minimum absolute atomic E-state index is 0.0927. The molecule has 0 radical (unpaired) electrons. The summed E-state index contributed by atoms with van der Waals surface area (Å²) in [5.74, 6) is -0.0246. The van der Waals surface area contributed by atoms with Crippen molar-refractivity contribution in [3.8, 4) is 5.75 Å². The van der Waals surface area contributed by atoms with Crippen molar-refractivity contribution >= 4 is 29.1 Å². The van der Waals surface area contributed by atoms with E-state index in [0.717, 1.165) is 11.3 Å². The third-order valence-electron chi connectivity index (χ3n) is 4.20. The largest absolute Gasteiger partial charge is 0.497 e. The van der Waals surface area contributed by atoms with E-state index in [9.17, 15) is 9.59 Å². The van der Waals surface area contributed by atoms with Crippen molar-refractivity contribution in [2.75, 3.05) is 12.4 Å². The van der Waals surface area contributed by atoms with Crippen LogP contribution in [0.2, 0.25) is 5.02 Å². The number of rotatable bonds is 6. The molecule has 0 spiro atoms. The number of hydrogen-bond acceptors (Lipinski definition) is 3. The van der Waals surface area contributed by atoms with Gasteiger partial charge in [0.1, 0.15) is 5.75 Å². The van der Waals surface area contributed by atoms with E-state index in [1.54, 1.807) is 43.5 Å². The van der Waals surface area contributed by atoms with Gasteiger partial charge in [-0.05, 0) is 48.4 Å². The van der Waals surface area contributed by atoms with Gasteiger partial charge in [0, 0.05) is 17.3 Å². The molecule has 6 heteroatoms. The molecule has 5 nitrogen and oxygen atoms in total. The number of halogens is 1. The second kappa shape index (κ2) is 7.57.